The molecule has 1 amide bonds. The van der Waals surface area contributed by atoms with E-state index >= 15 is 0 Å². The number of carbonyl (C=O) groups is 1. The van der Waals surface area contributed by atoms with Crippen molar-refractivity contribution in [2.45, 2.75) is 13.3 Å². The summed E-state index contributed by atoms with van der Waals surface area (Å²) in [6.45, 7) is 2.57. The van der Waals surface area contributed by atoms with E-state index < -0.39 is 0 Å². The van der Waals surface area contributed by atoms with E-state index in [0.29, 0.717) is 17.4 Å². The largest absolute Gasteiger partial charge is 0.383 e. The first-order valence-corrected chi connectivity index (χ1v) is 6.66. The van der Waals surface area contributed by atoms with Crippen molar-refractivity contribution in [2.75, 3.05) is 12.3 Å². The molecule has 0 radical (unpaired) electrons. The molecular weight excluding hydrogens is 276 g/mol. The average molecular weight is 291 g/mol. The number of benzene rings is 1. The summed E-state index contributed by atoms with van der Waals surface area (Å²) in [7, 11) is 0. The Kier molecular flexibility index (Phi) is 4.53. The molecule has 1 heterocycles. The Morgan fingerprint density at radius 3 is 2.65 bits per heavy atom. The van der Waals surface area contributed by atoms with E-state index in [0.717, 1.165) is 12.0 Å². The quantitative estimate of drug-likeness (QED) is 0.906. The molecule has 0 atom stereocenters. The third-order valence-corrected chi connectivity index (χ3v) is 2.95. The van der Waals surface area contributed by atoms with Gasteiger partial charge in [0.05, 0.1) is 5.56 Å². The highest BCUT2D eigenvalue weighted by molar-refractivity contribution is 6.30. The fraction of sp³-hybridized carbons (Fsp3) is 0.214. The molecule has 0 spiro atoms. The summed E-state index contributed by atoms with van der Waals surface area (Å²) in [5.74, 6) is 0.372. The maximum absolute atomic E-state index is 11.8. The van der Waals surface area contributed by atoms with Gasteiger partial charge in [0.1, 0.15) is 5.82 Å². The van der Waals surface area contributed by atoms with Crippen LogP contribution < -0.4 is 11.1 Å². The Hall–Kier alpha value is -2.14. The Balaban J connectivity index is 2.25. The summed E-state index contributed by atoms with van der Waals surface area (Å²) in [6.07, 6.45) is 2.30. The Morgan fingerprint density at radius 1 is 1.35 bits per heavy atom. The van der Waals surface area contributed by atoms with Gasteiger partial charge in [0.15, 0.2) is 5.82 Å². The number of nitrogens with one attached hydrogen (secondary N) is 1. The van der Waals surface area contributed by atoms with Crippen LogP contribution in [0.1, 0.15) is 23.7 Å². The van der Waals surface area contributed by atoms with Gasteiger partial charge in [-0.05, 0) is 30.7 Å². The number of rotatable bonds is 4. The van der Waals surface area contributed by atoms with Crippen molar-refractivity contribution < 1.29 is 4.79 Å². The topological polar surface area (TPSA) is 80.9 Å². The second-order valence-electron chi connectivity index (χ2n) is 4.26. The minimum atomic E-state index is -0.257. The number of hydrogen-bond donors (Lipinski definition) is 2. The minimum Gasteiger partial charge on any atom is -0.383 e. The highest BCUT2D eigenvalue weighted by atomic mass is 35.5. The van der Waals surface area contributed by atoms with Crippen molar-refractivity contribution in [2.24, 2.45) is 0 Å². The second kappa shape index (κ2) is 6.34. The highest BCUT2D eigenvalue weighted by Gasteiger charge is 2.12. The van der Waals surface area contributed by atoms with Crippen molar-refractivity contribution in [1.82, 2.24) is 15.3 Å². The predicted octanol–water partition coefficient (Wildman–Crippen LogP) is 2.52. The average Bonchev–Trinajstić information content (AvgIpc) is 2.45. The Bertz CT molecular complexity index is 613. The van der Waals surface area contributed by atoms with Crippen LogP contribution in [0.25, 0.3) is 11.4 Å². The fourth-order valence-corrected chi connectivity index (χ4v) is 1.77. The molecule has 104 valence electrons. The lowest BCUT2D eigenvalue weighted by molar-refractivity contribution is 0.0954. The molecule has 2 rings (SSSR count). The first-order valence-electron chi connectivity index (χ1n) is 6.28. The maximum Gasteiger partial charge on any atom is 0.256 e. The zero-order valence-electron chi connectivity index (χ0n) is 11.1. The molecule has 2 aromatic rings. The van der Waals surface area contributed by atoms with Gasteiger partial charge in [0, 0.05) is 23.3 Å². The SMILES string of the molecule is CCCNC(=O)c1cnc(-c2ccc(Cl)cc2)nc1N. The molecular formula is C14H15ClN4O. The van der Waals surface area contributed by atoms with Gasteiger partial charge < -0.3 is 11.1 Å². The van der Waals surface area contributed by atoms with Crippen molar-refractivity contribution in [3.8, 4) is 11.4 Å². The maximum atomic E-state index is 11.8. The molecule has 1 aromatic carbocycles. The number of aromatic nitrogens is 2. The van der Waals surface area contributed by atoms with Crippen LogP contribution in [0.15, 0.2) is 30.5 Å². The van der Waals surface area contributed by atoms with E-state index in [1.165, 1.54) is 6.20 Å². The molecule has 0 aliphatic carbocycles. The van der Waals surface area contributed by atoms with E-state index in [4.69, 9.17) is 17.3 Å². The van der Waals surface area contributed by atoms with Crippen LogP contribution in [0, 0.1) is 0 Å². The second-order valence-corrected chi connectivity index (χ2v) is 4.69. The molecule has 6 heteroatoms. The number of nitrogens with zero attached hydrogens (tertiary/aromatic N) is 2. The van der Waals surface area contributed by atoms with E-state index in [-0.39, 0.29) is 17.3 Å². The first kappa shape index (κ1) is 14.3. The smallest absolute Gasteiger partial charge is 0.256 e. The molecule has 5 nitrogen and oxygen atoms in total. The van der Waals surface area contributed by atoms with Crippen molar-refractivity contribution in [1.29, 1.82) is 0 Å². The summed E-state index contributed by atoms with van der Waals surface area (Å²) in [5.41, 5.74) is 6.90. The number of anilines is 1. The number of halogens is 1. The molecule has 20 heavy (non-hydrogen) atoms. The lowest BCUT2D eigenvalue weighted by Crippen LogP contribution is -2.25. The van der Waals surface area contributed by atoms with Crippen LogP contribution in [0.2, 0.25) is 5.02 Å². The summed E-state index contributed by atoms with van der Waals surface area (Å²) in [5, 5.41) is 3.38. The molecule has 0 bridgehead atoms. The van der Waals surface area contributed by atoms with Gasteiger partial charge in [-0.15, -0.1) is 0 Å². The van der Waals surface area contributed by atoms with Gasteiger partial charge in [-0.2, -0.15) is 0 Å². The molecule has 3 N–H and O–H groups in total. The van der Waals surface area contributed by atoms with Gasteiger partial charge in [0.25, 0.3) is 5.91 Å². The van der Waals surface area contributed by atoms with E-state index in [9.17, 15) is 4.79 Å². The Labute approximate surface area is 122 Å². The number of nitrogen functional groups attached to an aromatic ring is 1. The van der Waals surface area contributed by atoms with Crippen LogP contribution in [0.5, 0.6) is 0 Å². The number of hydrogen-bond acceptors (Lipinski definition) is 4. The van der Waals surface area contributed by atoms with Crippen molar-refractivity contribution >= 4 is 23.3 Å². The zero-order valence-corrected chi connectivity index (χ0v) is 11.8. The molecule has 0 saturated carbocycles. The van der Waals surface area contributed by atoms with Crippen LogP contribution in [-0.2, 0) is 0 Å². The van der Waals surface area contributed by atoms with Gasteiger partial charge in [-0.25, -0.2) is 9.97 Å². The monoisotopic (exact) mass is 290 g/mol. The van der Waals surface area contributed by atoms with Crippen LogP contribution in [0.3, 0.4) is 0 Å². The van der Waals surface area contributed by atoms with Crippen molar-refractivity contribution in [3.05, 3.63) is 41.0 Å². The standard InChI is InChI=1S/C14H15ClN4O/c1-2-7-17-14(20)11-8-18-13(19-12(11)16)9-3-5-10(15)6-4-9/h3-6,8H,2,7H2,1H3,(H,17,20)(H2,16,18,19). The molecule has 0 fully saturated rings. The third-order valence-electron chi connectivity index (χ3n) is 2.70. The number of carbonyl (C=O) groups excluding carboxylic acids is 1. The molecule has 0 unspecified atom stereocenters. The van der Waals surface area contributed by atoms with Crippen LogP contribution in [0.4, 0.5) is 5.82 Å². The van der Waals surface area contributed by atoms with Crippen LogP contribution in [-0.4, -0.2) is 22.4 Å². The zero-order chi connectivity index (χ0) is 14.5. The lowest BCUT2D eigenvalue weighted by atomic mass is 10.2. The summed E-state index contributed by atoms with van der Waals surface area (Å²) in [6, 6.07) is 7.10. The summed E-state index contributed by atoms with van der Waals surface area (Å²) < 4.78 is 0. The molecule has 0 aliphatic heterocycles. The van der Waals surface area contributed by atoms with Gasteiger partial charge in [-0.3, -0.25) is 4.79 Å². The van der Waals surface area contributed by atoms with E-state index in [1.54, 1.807) is 24.3 Å². The molecule has 1 aromatic heterocycles. The fourth-order valence-electron chi connectivity index (χ4n) is 1.64. The van der Waals surface area contributed by atoms with E-state index in [2.05, 4.69) is 15.3 Å². The Morgan fingerprint density at radius 2 is 2.05 bits per heavy atom. The number of amides is 1. The summed E-state index contributed by atoms with van der Waals surface area (Å²) in [4.78, 5) is 20.2. The van der Waals surface area contributed by atoms with Crippen molar-refractivity contribution in [3.63, 3.8) is 0 Å². The van der Waals surface area contributed by atoms with Gasteiger partial charge in [0.2, 0.25) is 0 Å². The molecule has 0 aliphatic rings. The van der Waals surface area contributed by atoms with E-state index in [1.807, 2.05) is 6.92 Å². The van der Waals surface area contributed by atoms with Gasteiger partial charge in [-0.1, -0.05) is 18.5 Å². The highest BCUT2D eigenvalue weighted by Crippen LogP contribution is 2.19. The third kappa shape index (κ3) is 3.24. The van der Waals surface area contributed by atoms with Gasteiger partial charge >= 0.3 is 0 Å². The predicted molar refractivity (Wildman–Crippen MR) is 79.5 cm³/mol. The minimum absolute atomic E-state index is 0.165. The lowest BCUT2D eigenvalue weighted by Gasteiger charge is -2.07. The normalized spacial score (nSPS) is 10.3. The number of nitrogens with two attached hydrogens (primary N) is 1. The van der Waals surface area contributed by atoms with Crippen LogP contribution >= 0.6 is 11.6 Å². The summed E-state index contributed by atoms with van der Waals surface area (Å²) >= 11 is 5.83. The first-order chi connectivity index (χ1) is 9.61. The molecule has 0 saturated heterocycles.